The summed E-state index contributed by atoms with van der Waals surface area (Å²) < 4.78 is 0. The van der Waals surface area contributed by atoms with E-state index >= 15 is 0 Å². The van der Waals surface area contributed by atoms with Gasteiger partial charge in [0, 0.05) is 0 Å². The van der Waals surface area contributed by atoms with E-state index in [-0.39, 0.29) is 0 Å². The van der Waals surface area contributed by atoms with Gasteiger partial charge in [0.1, 0.15) is 0 Å². The molecular formula is C16H21. The lowest BCUT2D eigenvalue weighted by Gasteiger charge is -2.33. The van der Waals surface area contributed by atoms with Crippen LogP contribution >= 0.6 is 0 Å². The first-order valence-corrected chi connectivity index (χ1v) is 6.23. The maximum absolute atomic E-state index is 3.08. The molecule has 0 N–H and O–H groups in total. The zero-order chi connectivity index (χ0) is 11.6. The number of hydrogen-bond acceptors (Lipinski definition) is 0. The molecule has 85 valence electrons. The highest BCUT2D eigenvalue weighted by molar-refractivity contribution is 5.66. The Kier molecular flexibility index (Phi) is 3.18. The maximum Gasteiger partial charge on any atom is -0.0184 e. The molecule has 0 nitrogen and oxygen atoms in total. The molecule has 1 unspecified atom stereocenters. The van der Waals surface area contributed by atoms with Crippen molar-refractivity contribution in [2.24, 2.45) is 11.3 Å². The number of rotatable bonds is 1. The number of benzene rings is 1. The molecule has 0 saturated heterocycles. The second-order valence-electron chi connectivity index (χ2n) is 5.86. The Morgan fingerprint density at radius 1 is 1.19 bits per heavy atom. The Morgan fingerprint density at radius 3 is 2.38 bits per heavy atom. The lowest BCUT2D eigenvalue weighted by Crippen LogP contribution is -2.21. The van der Waals surface area contributed by atoms with Crippen LogP contribution in [-0.4, -0.2) is 0 Å². The zero-order valence-corrected chi connectivity index (χ0v) is 10.6. The molecule has 0 heteroatoms. The molecule has 0 heterocycles. The summed E-state index contributed by atoms with van der Waals surface area (Å²) in [6, 6.07) is 11.4. The summed E-state index contributed by atoms with van der Waals surface area (Å²) >= 11 is 0. The Labute approximate surface area is 99.4 Å². The molecule has 2 rings (SSSR count). The van der Waals surface area contributed by atoms with Crippen molar-refractivity contribution in [1.29, 1.82) is 0 Å². The predicted molar refractivity (Wildman–Crippen MR) is 70.1 cm³/mol. The number of allylic oxidation sites excluding steroid dienone is 2. The van der Waals surface area contributed by atoms with Crippen LogP contribution in [0.15, 0.2) is 30.3 Å². The van der Waals surface area contributed by atoms with Gasteiger partial charge in [-0.3, -0.25) is 0 Å². The van der Waals surface area contributed by atoms with Gasteiger partial charge in [-0.2, -0.15) is 0 Å². The summed E-state index contributed by atoms with van der Waals surface area (Å²) in [5, 5.41) is 0. The first-order valence-electron chi connectivity index (χ1n) is 6.23. The van der Waals surface area contributed by atoms with Crippen molar-refractivity contribution in [3.8, 4) is 0 Å². The summed E-state index contributed by atoms with van der Waals surface area (Å²) in [6.07, 6.45) is 6.23. The highest BCUT2D eigenvalue weighted by Crippen LogP contribution is 2.39. The van der Waals surface area contributed by atoms with Gasteiger partial charge in [0.05, 0.1) is 0 Å². The fraction of sp³-hybridized carbons (Fsp3) is 0.500. The molecule has 1 aromatic carbocycles. The van der Waals surface area contributed by atoms with Crippen LogP contribution < -0.4 is 0 Å². The van der Waals surface area contributed by atoms with Crippen molar-refractivity contribution < 1.29 is 0 Å². The van der Waals surface area contributed by atoms with E-state index in [9.17, 15) is 0 Å². The van der Waals surface area contributed by atoms with Gasteiger partial charge in [-0.15, -0.1) is 0 Å². The molecule has 0 amide bonds. The smallest absolute Gasteiger partial charge is 0.0184 e. The molecule has 0 bridgehead atoms. The van der Waals surface area contributed by atoms with E-state index in [1.165, 1.54) is 30.4 Å². The summed E-state index contributed by atoms with van der Waals surface area (Å²) in [6.45, 7) is 7.07. The number of hydrogen-bond donors (Lipinski definition) is 0. The minimum Gasteiger partial charge on any atom is -0.0804 e. The van der Waals surface area contributed by atoms with Crippen LogP contribution in [0, 0.1) is 17.4 Å². The summed E-state index contributed by atoms with van der Waals surface area (Å²) in [5.41, 5.74) is 3.35. The van der Waals surface area contributed by atoms with Gasteiger partial charge in [-0.1, -0.05) is 51.1 Å². The lowest BCUT2D eigenvalue weighted by molar-refractivity contribution is 0.225. The first-order chi connectivity index (χ1) is 7.57. The molecule has 0 aromatic heterocycles. The highest BCUT2D eigenvalue weighted by atomic mass is 14.3. The molecule has 0 fully saturated rings. The maximum atomic E-state index is 3.08. The largest absolute Gasteiger partial charge is 0.0804 e. The molecule has 16 heavy (non-hydrogen) atoms. The Morgan fingerprint density at radius 2 is 1.88 bits per heavy atom. The minimum absolute atomic E-state index is 0.451. The van der Waals surface area contributed by atoms with Gasteiger partial charge in [0.15, 0.2) is 0 Å². The van der Waals surface area contributed by atoms with Crippen molar-refractivity contribution in [2.75, 3.05) is 0 Å². The molecule has 1 atom stereocenters. The van der Waals surface area contributed by atoms with E-state index in [2.05, 4.69) is 45.0 Å². The molecule has 1 aliphatic rings. The van der Waals surface area contributed by atoms with Crippen LogP contribution in [0.4, 0.5) is 0 Å². The molecule has 0 saturated carbocycles. The average molecular weight is 213 g/mol. The Hall–Kier alpha value is -1.04. The molecule has 1 aliphatic carbocycles. The topological polar surface area (TPSA) is 0 Å². The van der Waals surface area contributed by atoms with E-state index in [4.69, 9.17) is 0 Å². The van der Waals surface area contributed by atoms with Gasteiger partial charge >= 0.3 is 0 Å². The van der Waals surface area contributed by atoms with Gasteiger partial charge < -0.3 is 0 Å². The second-order valence-corrected chi connectivity index (χ2v) is 5.86. The third-order valence-electron chi connectivity index (χ3n) is 3.72. The summed E-state index contributed by atoms with van der Waals surface area (Å²) in [5.74, 6) is 0.839. The summed E-state index contributed by atoms with van der Waals surface area (Å²) in [4.78, 5) is 0. The Balaban J connectivity index is 2.10. The molecule has 0 aliphatic heterocycles. The van der Waals surface area contributed by atoms with E-state index in [0.29, 0.717) is 5.41 Å². The predicted octanol–water partition coefficient (Wildman–Crippen LogP) is 4.72. The van der Waals surface area contributed by atoms with E-state index in [1.807, 2.05) is 12.1 Å². The van der Waals surface area contributed by atoms with Crippen molar-refractivity contribution in [1.82, 2.24) is 0 Å². The normalized spacial score (nSPS) is 21.7. The van der Waals surface area contributed by atoms with Crippen LogP contribution in [0.3, 0.4) is 0 Å². The van der Waals surface area contributed by atoms with Gasteiger partial charge in [-0.05, 0) is 47.8 Å². The Bertz CT molecular complexity index is 365. The second kappa shape index (κ2) is 4.45. The van der Waals surface area contributed by atoms with Crippen LogP contribution in [0.1, 0.15) is 45.6 Å². The third kappa shape index (κ3) is 2.55. The monoisotopic (exact) mass is 213 g/mol. The van der Waals surface area contributed by atoms with E-state index in [1.54, 1.807) is 0 Å². The van der Waals surface area contributed by atoms with Crippen LogP contribution in [0.25, 0.3) is 5.57 Å². The van der Waals surface area contributed by atoms with Gasteiger partial charge in [-0.25, -0.2) is 0 Å². The lowest BCUT2D eigenvalue weighted by atomic mass is 9.72. The molecule has 1 radical (unpaired) electrons. The van der Waals surface area contributed by atoms with Gasteiger partial charge in [0.2, 0.25) is 0 Å². The molecule has 1 aromatic rings. The quantitative estimate of drug-likeness (QED) is 0.633. The highest BCUT2D eigenvalue weighted by Gasteiger charge is 2.26. The van der Waals surface area contributed by atoms with Crippen LogP contribution in [0.2, 0.25) is 0 Å². The zero-order valence-electron chi connectivity index (χ0n) is 10.6. The van der Waals surface area contributed by atoms with E-state index in [0.717, 1.165) is 5.92 Å². The average Bonchev–Trinajstić information content (AvgIpc) is 2.29. The van der Waals surface area contributed by atoms with Gasteiger partial charge in [0.25, 0.3) is 0 Å². The van der Waals surface area contributed by atoms with Crippen molar-refractivity contribution in [3.05, 3.63) is 42.0 Å². The van der Waals surface area contributed by atoms with Crippen molar-refractivity contribution in [2.45, 2.75) is 40.0 Å². The third-order valence-corrected chi connectivity index (χ3v) is 3.72. The molecular weight excluding hydrogens is 192 g/mol. The standard InChI is InChI=1S/C16H21/c1-16(2,3)15-11-9-14(10-12-15)13-7-5-4-6-8-13/h5-9,15H,10-12H2,1-3H3. The molecule has 0 spiro atoms. The van der Waals surface area contributed by atoms with Crippen molar-refractivity contribution in [3.63, 3.8) is 0 Å². The first kappa shape index (κ1) is 11.4. The minimum atomic E-state index is 0.451. The SMILES string of the molecule is CC(C)(C)C1CC=C(c2cc[c]cc2)CC1. The summed E-state index contributed by atoms with van der Waals surface area (Å²) in [7, 11) is 0. The van der Waals surface area contributed by atoms with Crippen LogP contribution in [-0.2, 0) is 0 Å². The van der Waals surface area contributed by atoms with Crippen LogP contribution in [0.5, 0.6) is 0 Å². The van der Waals surface area contributed by atoms with Crippen molar-refractivity contribution >= 4 is 5.57 Å². The van der Waals surface area contributed by atoms with E-state index < -0.39 is 0 Å². The fourth-order valence-electron chi connectivity index (χ4n) is 2.48. The fourth-order valence-corrected chi connectivity index (χ4v) is 2.48.